The summed E-state index contributed by atoms with van der Waals surface area (Å²) in [6.45, 7) is 0. The highest BCUT2D eigenvalue weighted by Gasteiger charge is 2.24. The molecule has 106 valence electrons. The second-order valence-corrected chi connectivity index (χ2v) is 4.84. The van der Waals surface area contributed by atoms with Crippen molar-refractivity contribution in [3.63, 3.8) is 0 Å². The Labute approximate surface area is 119 Å². The summed E-state index contributed by atoms with van der Waals surface area (Å²) < 4.78 is 10.3. The molecule has 6 nitrogen and oxygen atoms in total. The fourth-order valence-electron chi connectivity index (χ4n) is 1.92. The summed E-state index contributed by atoms with van der Waals surface area (Å²) in [6, 6.07) is 4.15. The highest BCUT2D eigenvalue weighted by atomic mass is 32.1. The van der Waals surface area contributed by atoms with Crippen LogP contribution in [0.25, 0.3) is 0 Å². The summed E-state index contributed by atoms with van der Waals surface area (Å²) in [5.41, 5.74) is 7.26. The van der Waals surface area contributed by atoms with Gasteiger partial charge in [-0.05, 0) is 28.5 Å². The molecule has 2 aromatic rings. The molecular formula is C13H14N2O4S. The van der Waals surface area contributed by atoms with Gasteiger partial charge in [0.15, 0.2) is 11.5 Å². The Kier molecular flexibility index (Phi) is 4.21. The van der Waals surface area contributed by atoms with Gasteiger partial charge in [-0.3, -0.25) is 10.1 Å². The summed E-state index contributed by atoms with van der Waals surface area (Å²) >= 11 is 1.49. The average Bonchev–Trinajstić information content (AvgIpc) is 2.98. The molecule has 1 atom stereocenters. The fraction of sp³-hybridized carbons (Fsp3) is 0.231. The number of nitro groups is 1. The van der Waals surface area contributed by atoms with Gasteiger partial charge in [0.2, 0.25) is 0 Å². The van der Waals surface area contributed by atoms with Crippen molar-refractivity contribution in [3.05, 3.63) is 50.2 Å². The maximum atomic E-state index is 11.2. The number of ether oxygens (including phenoxy) is 2. The lowest BCUT2D eigenvalue weighted by Gasteiger charge is -2.14. The third-order valence-electron chi connectivity index (χ3n) is 2.97. The number of thiophene rings is 1. The molecule has 2 N–H and O–H groups in total. The second-order valence-electron chi connectivity index (χ2n) is 4.06. The van der Waals surface area contributed by atoms with E-state index in [1.54, 1.807) is 6.07 Å². The Hall–Kier alpha value is -2.12. The zero-order chi connectivity index (χ0) is 14.7. The first-order valence-corrected chi connectivity index (χ1v) is 6.70. The predicted octanol–water partition coefficient (Wildman–Crippen LogP) is 2.72. The normalized spacial score (nSPS) is 11.9. The van der Waals surface area contributed by atoms with E-state index in [4.69, 9.17) is 15.2 Å². The minimum Gasteiger partial charge on any atom is -0.493 e. The van der Waals surface area contributed by atoms with Crippen LogP contribution in [0.4, 0.5) is 5.69 Å². The monoisotopic (exact) mass is 294 g/mol. The van der Waals surface area contributed by atoms with Crippen LogP contribution in [0.2, 0.25) is 0 Å². The standard InChI is InChI=1S/C13H14N2O4S/c1-18-11-5-9(13(14)8-3-4-20-7-8)10(15(16)17)6-12(11)19-2/h3-7,13H,14H2,1-2H3/t13-/m0/s1. The molecule has 0 saturated heterocycles. The molecular weight excluding hydrogens is 280 g/mol. The molecule has 1 heterocycles. The van der Waals surface area contributed by atoms with Crippen molar-refractivity contribution in [2.75, 3.05) is 14.2 Å². The van der Waals surface area contributed by atoms with Crippen LogP contribution in [0.5, 0.6) is 11.5 Å². The van der Waals surface area contributed by atoms with E-state index in [2.05, 4.69) is 0 Å². The molecule has 0 aliphatic carbocycles. The summed E-state index contributed by atoms with van der Waals surface area (Å²) in [5.74, 6) is 0.722. The van der Waals surface area contributed by atoms with Gasteiger partial charge in [-0.15, -0.1) is 0 Å². The van der Waals surface area contributed by atoms with E-state index in [-0.39, 0.29) is 5.69 Å². The molecule has 0 radical (unpaired) electrons. The Morgan fingerprint density at radius 1 is 1.30 bits per heavy atom. The molecule has 1 aromatic carbocycles. The van der Waals surface area contributed by atoms with Gasteiger partial charge in [0.1, 0.15) is 0 Å². The Bertz CT molecular complexity index is 613. The number of rotatable bonds is 5. The van der Waals surface area contributed by atoms with Gasteiger partial charge in [0.25, 0.3) is 5.69 Å². The molecule has 0 bridgehead atoms. The minimum atomic E-state index is -0.582. The van der Waals surface area contributed by atoms with Crippen LogP contribution in [-0.2, 0) is 0 Å². The van der Waals surface area contributed by atoms with Crippen LogP contribution in [0, 0.1) is 10.1 Å². The molecule has 0 fully saturated rings. The zero-order valence-corrected chi connectivity index (χ0v) is 11.8. The Morgan fingerprint density at radius 2 is 1.95 bits per heavy atom. The van der Waals surface area contributed by atoms with Gasteiger partial charge in [0.05, 0.1) is 36.8 Å². The summed E-state index contributed by atoms with van der Waals surface area (Å²) in [7, 11) is 2.91. The third-order valence-corrected chi connectivity index (χ3v) is 3.67. The van der Waals surface area contributed by atoms with Gasteiger partial charge < -0.3 is 15.2 Å². The largest absolute Gasteiger partial charge is 0.493 e. The van der Waals surface area contributed by atoms with Gasteiger partial charge in [-0.25, -0.2) is 0 Å². The van der Waals surface area contributed by atoms with Crippen molar-refractivity contribution in [1.82, 2.24) is 0 Å². The van der Waals surface area contributed by atoms with Crippen molar-refractivity contribution in [2.24, 2.45) is 5.73 Å². The molecule has 0 spiro atoms. The van der Waals surface area contributed by atoms with E-state index in [1.165, 1.54) is 31.6 Å². The summed E-state index contributed by atoms with van der Waals surface area (Å²) in [5, 5.41) is 15.0. The SMILES string of the molecule is COc1cc([C@@H](N)c2ccsc2)c([N+](=O)[O-])cc1OC. The number of nitrogens with zero attached hydrogens (tertiary/aromatic N) is 1. The number of methoxy groups -OCH3 is 2. The van der Waals surface area contributed by atoms with Crippen molar-refractivity contribution in [2.45, 2.75) is 6.04 Å². The molecule has 7 heteroatoms. The summed E-state index contributed by atoms with van der Waals surface area (Å²) in [4.78, 5) is 10.8. The third kappa shape index (κ3) is 2.59. The molecule has 20 heavy (non-hydrogen) atoms. The molecule has 0 saturated carbocycles. The number of nitrogens with two attached hydrogens (primary N) is 1. The molecule has 0 aliphatic rings. The van der Waals surface area contributed by atoms with Gasteiger partial charge in [-0.2, -0.15) is 11.3 Å². The van der Waals surface area contributed by atoms with E-state index < -0.39 is 11.0 Å². The van der Waals surface area contributed by atoms with Crippen molar-refractivity contribution in [3.8, 4) is 11.5 Å². The second kappa shape index (κ2) is 5.89. The highest BCUT2D eigenvalue weighted by molar-refractivity contribution is 7.08. The maximum Gasteiger partial charge on any atom is 0.278 e. The van der Waals surface area contributed by atoms with Crippen molar-refractivity contribution in [1.29, 1.82) is 0 Å². The van der Waals surface area contributed by atoms with Crippen LogP contribution in [0.3, 0.4) is 0 Å². The molecule has 2 rings (SSSR count). The van der Waals surface area contributed by atoms with Crippen molar-refractivity contribution < 1.29 is 14.4 Å². The topological polar surface area (TPSA) is 87.6 Å². The first kappa shape index (κ1) is 14.3. The van der Waals surface area contributed by atoms with E-state index in [1.807, 2.05) is 16.8 Å². The summed E-state index contributed by atoms with van der Waals surface area (Å²) in [6.07, 6.45) is 0. The van der Waals surface area contributed by atoms with Gasteiger partial charge in [0, 0.05) is 0 Å². The Balaban J connectivity index is 2.58. The smallest absolute Gasteiger partial charge is 0.278 e. The Morgan fingerprint density at radius 3 is 2.45 bits per heavy atom. The van der Waals surface area contributed by atoms with Crippen LogP contribution in [-0.4, -0.2) is 19.1 Å². The first-order chi connectivity index (χ1) is 9.58. The fourth-order valence-corrected chi connectivity index (χ4v) is 2.62. The predicted molar refractivity (Wildman–Crippen MR) is 76.5 cm³/mol. The van der Waals surface area contributed by atoms with Crippen LogP contribution < -0.4 is 15.2 Å². The first-order valence-electron chi connectivity index (χ1n) is 5.76. The zero-order valence-electron chi connectivity index (χ0n) is 11.0. The van der Waals surface area contributed by atoms with Crippen LogP contribution >= 0.6 is 11.3 Å². The van der Waals surface area contributed by atoms with E-state index in [9.17, 15) is 10.1 Å². The van der Waals surface area contributed by atoms with Gasteiger partial charge in [-0.1, -0.05) is 0 Å². The van der Waals surface area contributed by atoms with Crippen LogP contribution in [0.1, 0.15) is 17.2 Å². The van der Waals surface area contributed by atoms with Crippen LogP contribution in [0.15, 0.2) is 29.0 Å². The quantitative estimate of drug-likeness (QED) is 0.676. The number of hydrogen-bond acceptors (Lipinski definition) is 6. The average molecular weight is 294 g/mol. The lowest BCUT2D eigenvalue weighted by atomic mass is 9.99. The van der Waals surface area contributed by atoms with Crippen molar-refractivity contribution >= 4 is 17.0 Å². The molecule has 0 aliphatic heterocycles. The van der Waals surface area contributed by atoms with E-state index >= 15 is 0 Å². The van der Waals surface area contributed by atoms with Gasteiger partial charge >= 0.3 is 0 Å². The van der Waals surface area contributed by atoms with E-state index in [0.29, 0.717) is 17.1 Å². The molecule has 0 unspecified atom stereocenters. The number of nitro benzene ring substituents is 1. The lowest BCUT2D eigenvalue weighted by Crippen LogP contribution is -2.13. The number of hydrogen-bond donors (Lipinski definition) is 1. The highest BCUT2D eigenvalue weighted by Crippen LogP contribution is 2.38. The lowest BCUT2D eigenvalue weighted by molar-refractivity contribution is -0.385. The minimum absolute atomic E-state index is 0.0821. The molecule has 0 amide bonds. The maximum absolute atomic E-state index is 11.2. The van der Waals surface area contributed by atoms with E-state index in [0.717, 1.165) is 5.56 Å². The molecule has 1 aromatic heterocycles. The number of benzene rings is 1.